The zero-order valence-electron chi connectivity index (χ0n) is 11.3. The van der Waals surface area contributed by atoms with E-state index in [-0.39, 0.29) is 5.91 Å². The van der Waals surface area contributed by atoms with Gasteiger partial charge in [0.05, 0.1) is 5.56 Å². The Labute approximate surface area is 108 Å². The third-order valence-electron chi connectivity index (χ3n) is 3.69. The van der Waals surface area contributed by atoms with Gasteiger partial charge < -0.3 is 10.2 Å². The van der Waals surface area contributed by atoms with Gasteiger partial charge in [0.2, 0.25) is 0 Å². The Morgan fingerprint density at radius 1 is 1.33 bits per heavy atom. The number of nitrogens with zero attached hydrogens (tertiary/aromatic N) is 2. The number of aromatic nitrogens is 1. The van der Waals surface area contributed by atoms with E-state index in [1.165, 1.54) is 6.42 Å². The first-order chi connectivity index (χ1) is 8.63. The van der Waals surface area contributed by atoms with Gasteiger partial charge in [-0.25, -0.2) is 4.98 Å². The molecule has 4 nitrogen and oxygen atoms in total. The molecular weight excluding hydrogens is 226 g/mol. The van der Waals surface area contributed by atoms with Crippen LogP contribution >= 0.6 is 0 Å². The highest BCUT2D eigenvalue weighted by atomic mass is 16.2. The minimum Gasteiger partial charge on any atom is -0.373 e. The van der Waals surface area contributed by atoms with E-state index in [4.69, 9.17) is 0 Å². The minimum atomic E-state index is 0.102. The van der Waals surface area contributed by atoms with Crippen LogP contribution in [0.5, 0.6) is 0 Å². The van der Waals surface area contributed by atoms with Crippen LogP contribution in [0.25, 0.3) is 0 Å². The molecule has 0 radical (unpaired) electrons. The lowest BCUT2D eigenvalue weighted by atomic mass is 9.96. The van der Waals surface area contributed by atoms with Crippen LogP contribution in [0.15, 0.2) is 18.3 Å². The number of anilines is 1. The van der Waals surface area contributed by atoms with Crippen LogP contribution in [0.1, 0.15) is 43.5 Å². The fraction of sp³-hybridized carbons (Fsp3) is 0.571. The van der Waals surface area contributed by atoms with Crippen LogP contribution in [0.2, 0.25) is 0 Å². The van der Waals surface area contributed by atoms with Gasteiger partial charge in [-0.05, 0) is 45.2 Å². The normalized spacial score (nSPS) is 23.8. The van der Waals surface area contributed by atoms with Gasteiger partial charge in [0, 0.05) is 25.3 Å². The van der Waals surface area contributed by atoms with Crippen LogP contribution in [0.3, 0.4) is 0 Å². The summed E-state index contributed by atoms with van der Waals surface area (Å²) in [4.78, 5) is 18.7. The molecule has 1 aliphatic heterocycles. The molecule has 0 aromatic carbocycles. The second-order valence-corrected chi connectivity index (χ2v) is 5.02. The molecule has 0 saturated carbocycles. The molecule has 2 rings (SSSR count). The van der Waals surface area contributed by atoms with Crippen LogP contribution < -0.4 is 5.32 Å². The topological polar surface area (TPSA) is 45.2 Å². The Kier molecular flexibility index (Phi) is 3.84. The maximum absolute atomic E-state index is 12.5. The molecule has 1 fully saturated rings. The third-order valence-corrected chi connectivity index (χ3v) is 3.69. The second-order valence-electron chi connectivity index (χ2n) is 5.02. The molecule has 18 heavy (non-hydrogen) atoms. The van der Waals surface area contributed by atoms with Gasteiger partial charge in [0.25, 0.3) is 5.91 Å². The highest BCUT2D eigenvalue weighted by Crippen LogP contribution is 2.24. The molecule has 4 heteroatoms. The van der Waals surface area contributed by atoms with Crippen molar-refractivity contribution in [1.29, 1.82) is 0 Å². The number of carbonyl (C=O) groups is 1. The first kappa shape index (κ1) is 12.9. The van der Waals surface area contributed by atoms with Crippen molar-refractivity contribution in [3.8, 4) is 0 Å². The lowest BCUT2D eigenvalue weighted by molar-refractivity contribution is 0.0510. The molecule has 1 amide bonds. The molecule has 0 spiro atoms. The summed E-state index contributed by atoms with van der Waals surface area (Å²) < 4.78 is 0. The summed E-state index contributed by atoms with van der Waals surface area (Å²) in [5.74, 6) is 0.885. The van der Waals surface area contributed by atoms with E-state index in [1.807, 2.05) is 24.1 Å². The number of rotatable bonds is 2. The molecule has 0 unspecified atom stereocenters. The van der Waals surface area contributed by atoms with Crippen molar-refractivity contribution in [2.75, 3.05) is 12.4 Å². The smallest absolute Gasteiger partial charge is 0.255 e. The lowest BCUT2D eigenvalue weighted by Gasteiger charge is -2.39. The molecule has 1 N–H and O–H groups in total. The third kappa shape index (κ3) is 2.47. The van der Waals surface area contributed by atoms with E-state index >= 15 is 0 Å². The van der Waals surface area contributed by atoms with E-state index < -0.39 is 0 Å². The van der Waals surface area contributed by atoms with E-state index in [0.29, 0.717) is 17.6 Å². The number of piperidine rings is 1. The first-order valence-corrected chi connectivity index (χ1v) is 6.60. The standard InChI is InChI=1S/C14H21N3O/c1-10-5-4-6-11(2)17(10)14(18)12-7-8-13(15-3)16-9-12/h7-11H,4-6H2,1-3H3,(H,15,16)/t10-,11+. The van der Waals surface area contributed by atoms with Crippen molar-refractivity contribution < 1.29 is 4.79 Å². The predicted molar refractivity (Wildman–Crippen MR) is 72.7 cm³/mol. The monoisotopic (exact) mass is 247 g/mol. The van der Waals surface area contributed by atoms with E-state index in [1.54, 1.807) is 6.20 Å². The molecule has 0 aliphatic carbocycles. The van der Waals surface area contributed by atoms with E-state index in [9.17, 15) is 4.79 Å². The van der Waals surface area contributed by atoms with Gasteiger partial charge in [-0.15, -0.1) is 0 Å². The zero-order valence-corrected chi connectivity index (χ0v) is 11.3. The quantitative estimate of drug-likeness (QED) is 0.873. The molecule has 98 valence electrons. The average Bonchev–Trinajstić information content (AvgIpc) is 2.38. The number of likely N-dealkylation sites (tertiary alicyclic amines) is 1. The van der Waals surface area contributed by atoms with Crippen LogP contribution in [0.4, 0.5) is 5.82 Å². The first-order valence-electron chi connectivity index (χ1n) is 6.60. The zero-order chi connectivity index (χ0) is 13.1. The highest BCUT2D eigenvalue weighted by Gasteiger charge is 2.29. The Balaban J connectivity index is 2.18. The Bertz CT molecular complexity index is 406. The minimum absolute atomic E-state index is 0.102. The molecule has 0 bridgehead atoms. The summed E-state index contributed by atoms with van der Waals surface area (Å²) in [7, 11) is 1.82. The van der Waals surface area contributed by atoms with Crippen LogP contribution in [0, 0.1) is 0 Å². The van der Waals surface area contributed by atoms with Gasteiger partial charge >= 0.3 is 0 Å². The highest BCUT2D eigenvalue weighted by molar-refractivity contribution is 5.94. The summed E-state index contributed by atoms with van der Waals surface area (Å²) in [6, 6.07) is 4.33. The SMILES string of the molecule is CNc1ccc(C(=O)N2[C@H](C)CCC[C@@H]2C)cn1. The predicted octanol–water partition coefficient (Wildman–Crippen LogP) is 2.53. The summed E-state index contributed by atoms with van der Waals surface area (Å²) in [6.07, 6.45) is 5.06. The number of nitrogens with one attached hydrogen (secondary N) is 1. The number of hydrogen-bond acceptors (Lipinski definition) is 3. The van der Waals surface area contributed by atoms with Crippen molar-refractivity contribution in [2.45, 2.75) is 45.2 Å². The van der Waals surface area contributed by atoms with Gasteiger partial charge in [-0.3, -0.25) is 4.79 Å². The van der Waals surface area contributed by atoms with Crippen molar-refractivity contribution in [3.63, 3.8) is 0 Å². The Morgan fingerprint density at radius 2 is 2.00 bits per heavy atom. The number of pyridine rings is 1. The van der Waals surface area contributed by atoms with E-state index in [2.05, 4.69) is 24.1 Å². The average molecular weight is 247 g/mol. The van der Waals surface area contributed by atoms with Gasteiger partial charge in [0.1, 0.15) is 5.82 Å². The van der Waals surface area contributed by atoms with Crippen molar-refractivity contribution in [2.24, 2.45) is 0 Å². The molecular formula is C14H21N3O. The van der Waals surface area contributed by atoms with Crippen molar-refractivity contribution >= 4 is 11.7 Å². The lowest BCUT2D eigenvalue weighted by Crippen LogP contribution is -2.47. The molecule has 2 heterocycles. The summed E-state index contributed by atoms with van der Waals surface area (Å²) in [6.45, 7) is 4.26. The molecule has 1 aromatic rings. The maximum Gasteiger partial charge on any atom is 0.255 e. The number of carbonyl (C=O) groups excluding carboxylic acids is 1. The largest absolute Gasteiger partial charge is 0.373 e. The number of amides is 1. The summed E-state index contributed by atoms with van der Waals surface area (Å²) in [5.41, 5.74) is 0.676. The summed E-state index contributed by atoms with van der Waals surface area (Å²) in [5, 5.41) is 2.95. The Morgan fingerprint density at radius 3 is 2.50 bits per heavy atom. The van der Waals surface area contributed by atoms with E-state index in [0.717, 1.165) is 18.7 Å². The fourth-order valence-corrected chi connectivity index (χ4v) is 2.64. The molecule has 1 aromatic heterocycles. The van der Waals surface area contributed by atoms with Gasteiger partial charge in [-0.2, -0.15) is 0 Å². The molecule has 1 aliphatic rings. The second kappa shape index (κ2) is 5.38. The maximum atomic E-state index is 12.5. The van der Waals surface area contributed by atoms with Crippen LogP contribution in [-0.2, 0) is 0 Å². The van der Waals surface area contributed by atoms with Crippen LogP contribution in [-0.4, -0.2) is 34.9 Å². The molecule has 2 atom stereocenters. The Hall–Kier alpha value is -1.58. The number of hydrogen-bond donors (Lipinski definition) is 1. The summed E-state index contributed by atoms with van der Waals surface area (Å²) >= 11 is 0. The van der Waals surface area contributed by atoms with Crippen molar-refractivity contribution in [3.05, 3.63) is 23.9 Å². The van der Waals surface area contributed by atoms with Crippen molar-refractivity contribution in [1.82, 2.24) is 9.88 Å². The van der Waals surface area contributed by atoms with Gasteiger partial charge in [-0.1, -0.05) is 0 Å². The fourth-order valence-electron chi connectivity index (χ4n) is 2.64. The molecule has 1 saturated heterocycles. The van der Waals surface area contributed by atoms with Gasteiger partial charge in [0.15, 0.2) is 0 Å².